The fourth-order valence-corrected chi connectivity index (χ4v) is 9.29. The number of carbonyl (C=O) groups excluding carboxylic acids is 1. The number of rotatable bonds is 8. The number of phenols is 1. The molecule has 1 aliphatic carbocycles. The molecule has 3 saturated heterocycles. The zero-order chi connectivity index (χ0) is 39.2. The quantitative estimate of drug-likeness (QED) is 0.183. The summed E-state index contributed by atoms with van der Waals surface area (Å²) in [6, 6.07) is 5.96. The number of nitrogens with zero attached hydrogens (tertiary/aromatic N) is 6. The lowest BCUT2D eigenvalue weighted by Gasteiger charge is -2.47. The first kappa shape index (κ1) is 38.1. The molecule has 4 fully saturated rings. The molecule has 1 amide bonds. The van der Waals surface area contributed by atoms with Gasteiger partial charge in [0.15, 0.2) is 5.82 Å². The fraction of sp³-hybridized carbons (Fsp3) is 0.535. The number of aromatic hydroxyl groups is 1. The Labute approximate surface area is 326 Å². The van der Waals surface area contributed by atoms with Gasteiger partial charge >= 0.3 is 12.1 Å². The van der Waals surface area contributed by atoms with Crippen molar-refractivity contribution in [1.82, 2.24) is 24.8 Å². The molecule has 0 radical (unpaired) electrons. The normalized spacial score (nSPS) is 22.1. The molecule has 0 spiro atoms. The van der Waals surface area contributed by atoms with E-state index < -0.39 is 17.2 Å². The van der Waals surface area contributed by atoms with E-state index in [0.717, 1.165) is 71.1 Å². The van der Waals surface area contributed by atoms with Crippen LogP contribution in [0.2, 0.25) is 0 Å². The van der Waals surface area contributed by atoms with Gasteiger partial charge in [0.25, 0.3) is 0 Å². The van der Waals surface area contributed by atoms with Gasteiger partial charge in [-0.25, -0.2) is 13.6 Å². The molecule has 8 rings (SSSR count). The number of piperidine rings is 1. The van der Waals surface area contributed by atoms with Crippen LogP contribution in [0.15, 0.2) is 30.5 Å². The molecule has 1 saturated carbocycles. The van der Waals surface area contributed by atoms with Gasteiger partial charge in [0.05, 0.1) is 24.2 Å². The van der Waals surface area contributed by atoms with Crippen molar-refractivity contribution in [3.05, 3.63) is 47.7 Å². The minimum Gasteiger partial charge on any atom is -0.508 e. The van der Waals surface area contributed by atoms with E-state index in [1.807, 2.05) is 20.8 Å². The second-order valence-corrected chi connectivity index (χ2v) is 16.9. The van der Waals surface area contributed by atoms with Crippen molar-refractivity contribution in [3.63, 3.8) is 0 Å². The molecule has 4 aliphatic rings. The van der Waals surface area contributed by atoms with Gasteiger partial charge in [-0.1, -0.05) is 18.4 Å². The summed E-state index contributed by atoms with van der Waals surface area (Å²) < 4.78 is 49.8. The summed E-state index contributed by atoms with van der Waals surface area (Å²) in [7, 11) is 0. The van der Waals surface area contributed by atoms with Crippen molar-refractivity contribution in [1.29, 1.82) is 0 Å². The van der Waals surface area contributed by atoms with E-state index in [1.54, 1.807) is 4.90 Å². The monoisotopic (exact) mass is 768 g/mol. The van der Waals surface area contributed by atoms with Crippen molar-refractivity contribution in [2.45, 2.75) is 77.4 Å². The molecule has 5 heterocycles. The molecule has 11 nitrogen and oxygen atoms in total. The van der Waals surface area contributed by atoms with Crippen LogP contribution in [-0.4, -0.2) is 107 Å². The van der Waals surface area contributed by atoms with E-state index in [-0.39, 0.29) is 51.0 Å². The molecule has 0 bridgehead atoms. The maximum Gasteiger partial charge on any atom is 0.410 e. The first-order chi connectivity index (χ1) is 26.9. The summed E-state index contributed by atoms with van der Waals surface area (Å²) in [5.41, 5.74) is -0.579. The number of fused-ring (bicyclic) bond motifs is 3. The minimum absolute atomic E-state index is 0.0157. The Hall–Kier alpha value is -4.80. The Balaban J connectivity index is 1.07. The van der Waals surface area contributed by atoms with E-state index in [1.165, 1.54) is 30.5 Å². The van der Waals surface area contributed by atoms with Gasteiger partial charge in [-0.3, -0.25) is 9.88 Å². The smallest absolute Gasteiger partial charge is 0.410 e. The highest BCUT2D eigenvalue weighted by Crippen LogP contribution is 2.48. The van der Waals surface area contributed by atoms with Gasteiger partial charge in [0.2, 0.25) is 0 Å². The Morgan fingerprint density at radius 2 is 1.91 bits per heavy atom. The average molecular weight is 769 g/mol. The van der Waals surface area contributed by atoms with Crippen molar-refractivity contribution < 1.29 is 32.9 Å². The minimum atomic E-state index is -0.747. The van der Waals surface area contributed by atoms with Gasteiger partial charge in [0.1, 0.15) is 34.2 Å². The number of aromatic nitrogens is 3. The Bertz CT molecular complexity index is 2170. The number of ether oxygens (including phenoxy) is 3. The number of hydrogen-bond acceptors (Lipinski definition) is 10. The molecule has 2 aromatic carbocycles. The van der Waals surface area contributed by atoms with Crippen molar-refractivity contribution in [2.24, 2.45) is 11.3 Å². The molecule has 56 heavy (non-hydrogen) atoms. The van der Waals surface area contributed by atoms with Crippen LogP contribution in [0.5, 0.6) is 11.8 Å². The largest absolute Gasteiger partial charge is 0.508 e. The van der Waals surface area contributed by atoms with Gasteiger partial charge in [-0.05, 0) is 102 Å². The maximum absolute atomic E-state index is 17.0. The summed E-state index contributed by atoms with van der Waals surface area (Å²) in [6.07, 6.45) is 14.1. The van der Waals surface area contributed by atoms with E-state index in [2.05, 4.69) is 20.7 Å². The molecule has 296 valence electrons. The first-order valence-corrected chi connectivity index (χ1v) is 19.9. The highest BCUT2D eigenvalue weighted by Gasteiger charge is 2.49. The molecular weight excluding hydrogens is 719 g/mol. The third-order valence-corrected chi connectivity index (χ3v) is 12.0. The van der Waals surface area contributed by atoms with Crippen molar-refractivity contribution >= 4 is 33.6 Å². The van der Waals surface area contributed by atoms with Gasteiger partial charge in [-0.2, -0.15) is 9.97 Å². The first-order valence-electron chi connectivity index (χ1n) is 19.9. The number of carbonyl (C=O) groups is 1. The van der Waals surface area contributed by atoms with Crippen molar-refractivity contribution in [3.8, 4) is 35.4 Å². The van der Waals surface area contributed by atoms with Gasteiger partial charge in [0, 0.05) is 61.4 Å². The molecule has 2 unspecified atom stereocenters. The van der Waals surface area contributed by atoms with Crippen LogP contribution >= 0.6 is 0 Å². The maximum atomic E-state index is 17.0. The number of halogens is 2. The number of hydrogen-bond donors (Lipinski definition) is 1. The highest BCUT2D eigenvalue weighted by atomic mass is 19.1. The summed E-state index contributed by atoms with van der Waals surface area (Å²) in [5.74, 6) is 1.85. The van der Waals surface area contributed by atoms with Crippen LogP contribution in [0.3, 0.4) is 0 Å². The number of likely N-dealkylation sites (tertiary alicyclic amines) is 2. The summed E-state index contributed by atoms with van der Waals surface area (Å²) in [6.45, 7) is 11.8. The van der Waals surface area contributed by atoms with Crippen LogP contribution in [0.25, 0.3) is 32.9 Å². The van der Waals surface area contributed by atoms with Crippen LogP contribution < -0.4 is 9.64 Å². The van der Waals surface area contributed by atoms with Crippen LogP contribution in [0.4, 0.5) is 19.4 Å². The Morgan fingerprint density at radius 3 is 2.71 bits per heavy atom. The van der Waals surface area contributed by atoms with Gasteiger partial charge < -0.3 is 29.1 Å². The molecule has 13 heteroatoms. The number of amides is 1. The summed E-state index contributed by atoms with van der Waals surface area (Å²) in [5, 5.41) is 11.8. The number of pyridine rings is 1. The van der Waals surface area contributed by atoms with E-state index in [4.69, 9.17) is 30.6 Å². The fourth-order valence-electron chi connectivity index (χ4n) is 9.29. The number of anilines is 1. The standard InChI is InChI=1S/C43H50F2N6O5/c1-5-30-33(44)11-10-28-21-29(52)22-31(35(28)30)37-36(45)38-32(23-46-37)39(50-16-8-19-54-20-18-50)48-40(47-38)55-26-43-13-6-9-34(43)49(15-7-14-43)17-12-27-24-51(25-27)41(53)56-42(2,3)4/h1,10-11,21-23,27,34,52H,6-9,12-20,24-26H2,2-4H3. The van der Waals surface area contributed by atoms with E-state index in [9.17, 15) is 14.3 Å². The number of benzene rings is 2. The third-order valence-electron chi connectivity index (χ3n) is 12.0. The third kappa shape index (κ3) is 7.41. The van der Waals surface area contributed by atoms with Crippen molar-refractivity contribution in [2.75, 3.05) is 64.0 Å². The predicted molar refractivity (Wildman–Crippen MR) is 210 cm³/mol. The lowest BCUT2D eigenvalue weighted by atomic mass is 9.75. The van der Waals surface area contributed by atoms with Crippen LogP contribution in [0.1, 0.15) is 71.3 Å². The Morgan fingerprint density at radius 1 is 1.09 bits per heavy atom. The van der Waals surface area contributed by atoms with Crippen LogP contribution in [-0.2, 0) is 9.47 Å². The predicted octanol–water partition coefficient (Wildman–Crippen LogP) is 7.31. The number of phenolic OH excluding ortho intramolecular Hbond substituents is 1. The van der Waals surface area contributed by atoms with Gasteiger partial charge in [-0.15, -0.1) is 6.42 Å². The van der Waals surface area contributed by atoms with Crippen LogP contribution in [0, 0.1) is 35.3 Å². The summed E-state index contributed by atoms with van der Waals surface area (Å²) >= 11 is 0. The lowest BCUT2D eigenvalue weighted by molar-refractivity contribution is -0.0174. The number of terminal acetylenes is 1. The second-order valence-electron chi connectivity index (χ2n) is 16.9. The molecule has 2 aromatic heterocycles. The second kappa shape index (κ2) is 15.3. The zero-order valence-corrected chi connectivity index (χ0v) is 32.5. The topological polar surface area (TPSA) is 113 Å². The zero-order valence-electron chi connectivity index (χ0n) is 32.5. The van der Waals surface area contributed by atoms with E-state index >= 15 is 4.39 Å². The van der Waals surface area contributed by atoms with E-state index in [0.29, 0.717) is 61.5 Å². The molecule has 3 aliphatic heterocycles. The lowest BCUT2D eigenvalue weighted by Crippen LogP contribution is -2.55. The molecule has 1 N–H and O–H groups in total. The molecule has 2 atom stereocenters. The Kier molecular flexibility index (Phi) is 10.4. The molecular formula is C43H50F2N6O5. The highest BCUT2D eigenvalue weighted by molar-refractivity contribution is 6.03. The average Bonchev–Trinajstić information content (AvgIpc) is 3.39. The SMILES string of the molecule is C#Cc1c(F)ccc2cc(O)cc(-c3ncc4c(N5CCCOCC5)nc(OCC56CCCC5N(CCC5CN(C(=O)OC(C)(C)C)C5)CCC6)nc4c3F)c12. The summed E-state index contributed by atoms with van der Waals surface area (Å²) in [4.78, 5) is 33.1. The molecule has 4 aromatic rings.